The summed E-state index contributed by atoms with van der Waals surface area (Å²) in [6.45, 7) is 2.75. The number of hydrogen-bond donors (Lipinski definition) is 1. The molecular formula is C10H13FN2. The van der Waals surface area contributed by atoms with Crippen LogP contribution in [0.5, 0.6) is 0 Å². The van der Waals surface area contributed by atoms with Crippen LogP contribution >= 0.6 is 0 Å². The zero-order chi connectivity index (χ0) is 9.26. The van der Waals surface area contributed by atoms with Crippen molar-refractivity contribution >= 4 is 0 Å². The van der Waals surface area contributed by atoms with Gasteiger partial charge in [-0.15, -0.1) is 0 Å². The molecule has 0 radical (unpaired) electrons. The fourth-order valence-electron chi connectivity index (χ4n) is 1.69. The van der Waals surface area contributed by atoms with Gasteiger partial charge in [-0.2, -0.15) is 0 Å². The molecule has 1 aliphatic rings. The topological polar surface area (TPSA) is 24.9 Å². The zero-order valence-corrected chi connectivity index (χ0v) is 7.68. The lowest BCUT2D eigenvalue weighted by Gasteiger charge is -2.09. The number of nitrogens with one attached hydrogen (secondary N) is 1. The summed E-state index contributed by atoms with van der Waals surface area (Å²) < 4.78 is 12.9. The first-order valence-electron chi connectivity index (χ1n) is 4.64. The first kappa shape index (κ1) is 8.63. The molecule has 0 saturated carbocycles. The Morgan fingerprint density at radius 3 is 3.00 bits per heavy atom. The van der Waals surface area contributed by atoms with Crippen molar-refractivity contribution in [2.75, 3.05) is 6.54 Å². The van der Waals surface area contributed by atoms with Gasteiger partial charge in [0, 0.05) is 6.04 Å². The predicted molar refractivity (Wildman–Crippen MR) is 48.9 cm³/mol. The van der Waals surface area contributed by atoms with Crippen LogP contribution in [0.1, 0.15) is 30.3 Å². The van der Waals surface area contributed by atoms with E-state index < -0.39 is 0 Å². The van der Waals surface area contributed by atoms with E-state index in [9.17, 15) is 4.39 Å². The molecule has 1 atom stereocenters. The van der Waals surface area contributed by atoms with Crippen LogP contribution in [0.15, 0.2) is 12.1 Å². The summed E-state index contributed by atoms with van der Waals surface area (Å²) >= 11 is 0. The molecule has 0 bridgehead atoms. The monoisotopic (exact) mass is 180 g/mol. The minimum Gasteiger partial charge on any atom is -0.309 e. The second kappa shape index (κ2) is 3.42. The summed E-state index contributed by atoms with van der Waals surface area (Å²) in [5.74, 6) is -0.221. The van der Waals surface area contributed by atoms with E-state index >= 15 is 0 Å². The van der Waals surface area contributed by atoms with E-state index in [-0.39, 0.29) is 5.82 Å². The highest BCUT2D eigenvalue weighted by atomic mass is 19.1. The van der Waals surface area contributed by atoms with Crippen molar-refractivity contribution in [3.63, 3.8) is 0 Å². The molecule has 1 N–H and O–H groups in total. The molecule has 3 heteroatoms. The normalized spacial score (nSPS) is 22.2. The Labute approximate surface area is 77.2 Å². The third-order valence-corrected chi connectivity index (χ3v) is 2.46. The largest absolute Gasteiger partial charge is 0.309 e. The van der Waals surface area contributed by atoms with Gasteiger partial charge in [0.2, 0.25) is 0 Å². The molecule has 2 nitrogen and oxygen atoms in total. The minimum absolute atomic E-state index is 0.221. The molecule has 1 saturated heterocycles. The maximum absolute atomic E-state index is 12.9. The number of hydrogen-bond acceptors (Lipinski definition) is 2. The number of aryl methyl sites for hydroxylation is 1. The number of rotatable bonds is 1. The van der Waals surface area contributed by atoms with Crippen LogP contribution in [-0.4, -0.2) is 11.5 Å². The predicted octanol–water partition coefficient (Wildman–Crippen LogP) is 1.95. The summed E-state index contributed by atoms with van der Waals surface area (Å²) in [5.41, 5.74) is 1.46. The van der Waals surface area contributed by atoms with Crippen LogP contribution in [0.3, 0.4) is 0 Å². The number of nitrogens with zero attached hydrogens (tertiary/aromatic N) is 1. The van der Waals surface area contributed by atoms with Crippen molar-refractivity contribution in [1.82, 2.24) is 10.3 Å². The van der Waals surface area contributed by atoms with Crippen molar-refractivity contribution in [3.8, 4) is 0 Å². The van der Waals surface area contributed by atoms with Crippen LogP contribution in [0.25, 0.3) is 0 Å². The van der Waals surface area contributed by atoms with E-state index in [0.29, 0.717) is 11.7 Å². The molecule has 1 fully saturated rings. The number of pyridine rings is 1. The Kier molecular flexibility index (Phi) is 2.27. The second-order valence-electron chi connectivity index (χ2n) is 3.45. The van der Waals surface area contributed by atoms with Gasteiger partial charge in [-0.3, -0.25) is 4.98 Å². The highest BCUT2D eigenvalue weighted by Gasteiger charge is 2.17. The number of aromatic nitrogens is 1. The standard InChI is InChI=1S/C10H13FN2/c1-7-8(11)4-5-10(13-7)9-3-2-6-12-9/h4-5,9,12H,2-3,6H2,1H3. The molecule has 13 heavy (non-hydrogen) atoms. The lowest BCUT2D eigenvalue weighted by Crippen LogP contribution is -2.14. The van der Waals surface area contributed by atoms with Crippen molar-refractivity contribution in [1.29, 1.82) is 0 Å². The van der Waals surface area contributed by atoms with E-state index in [2.05, 4.69) is 10.3 Å². The summed E-state index contributed by atoms with van der Waals surface area (Å²) in [4.78, 5) is 4.22. The molecule has 0 aliphatic carbocycles. The van der Waals surface area contributed by atoms with Gasteiger partial charge >= 0.3 is 0 Å². The van der Waals surface area contributed by atoms with Crippen LogP contribution in [0.4, 0.5) is 4.39 Å². The Balaban J connectivity index is 2.25. The van der Waals surface area contributed by atoms with Gasteiger partial charge in [0.1, 0.15) is 5.82 Å². The van der Waals surface area contributed by atoms with Crippen molar-refractivity contribution in [3.05, 3.63) is 29.3 Å². The van der Waals surface area contributed by atoms with E-state index in [4.69, 9.17) is 0 Å². The summed E-state index contributed by atoms with van der Waals surface area (Å²) in [6, 6.07) is 3.60. The first-order valence-corrected chi connectivity index (χ1v) is 4.64. The van der Waals surface area contributed by atoms with Gasteiger partial charge in [-0.05, 0) is 38.4 Å². The summed E-state index contributed by atoms with van der Waals surface area (Å²) in [5, 5.41) is 3.33. The van der Waals surface area contributed by atoms with E-state index in [1.807, 2.05) is 0 Å². The molecule has 2 rings (SSSR count). The smallest absolute Gasteiger partial charge is 0.144 e. The lowest BCUT2D eigenvalue weighted by molar-refractivity contribution is 0.587. The van der Waals surface area contributed by atoms with Gasteiger partial charge in [0.15, 0.2) is 0 Å². The third kappa shape index (κ3) is 1.70. The third-order valence-electron chi connectivity index (χ3n) is 2.46. The molecule has 1 aromatic rings. The molecule has 0 spiro atoms. The SMILES string of the molecule is Cc1nc(C2CCCN2)ccc1F. The fourth-order valence-corrected chi connectivity index (χ4v) is 1.69. The van der Waals surface area contributed by atoms with Gasteiger partial charge in [-0.25, -0.2) is 4.39 Å². The first-order chi connectivity index (χ1) is 6.27. The van der Waals surface area contributed by atoms with E-state index in [1.54, 1.807) is 13.0 Å². The van der Waals surface area contributed by atoms with Crippen molar-refractivity contribution in [2.24, 2.45) is 0 Å². The lowest BCUT2D eigenvalue weighted by atomic mass is 10.1. The van der Waals surface area contributed by atoms with Gasteiger partial charge < -0.3 is 5.32 Å². The average molecular weight is 180 g/mol. The molecular weight excluding hydrogens is 167 g/mol. The number of halogens is 1. The Morgan fingerprint density at radius 2 is 2.38 bits per heavy atom. The quantitative estimate of drug-likeness (QED) is 0.714. The Morgan fingerprint density at radius 1 is 1.54 bits per heavy atom. The summed E-state index contributed by atoms with van der Waals surface area (Å²) in [6.07, 6.45) is 2.29. The molecule has 0 amide bonds. The van der Waals surface area contributed by atoms with Gasteiger partial charge in [0.05, 0.1) is 11.4 Å². The molecule has 2 heterocycles. The van der Waals surface area contributed by atoms with Gasteiger partial charge in [0.25, 0.3) is 0 Å². The van der Waals surface area contributed by atoms with Crippen molar-refractivity contribution < 1.29 is 4.39 Å². The Bertz CT molecular complexity index is 306. The van der Waals surface area contributed by atoms with Gasteiger partial charge in [-0.1, -0.05) is 0 Å². The minimum atomic E-state index is -0.221. The Hall–Kier alpha value is -0.960. The van der Waals surface area contributed by atoms with Crippen LogP contribution in [0.2, 0.25) is 0 Å². The van der Waals surface area contributed by atoms with E-state index in [0.717, 1.165) is 18.7 Å². The van der Waals surface area contributed by atoms with Crippen LogP contribution < -0.4 is 5.32 Å². The molecule has 1 aromatic heterocycles. The molecule has 1 unspecified atom stereocenters. The molecule has 1 aliphatic heterocycles. The highest BCUT2D eigenvalue weighted by molar-refractivity contribution is 5.15. The molecule has 0 aromatic carbocycles. The fraction of sp³-hybridized carbons (Fsp3) is 0.500. The van der Waals surface area contributed by atoms with Crippen LogP contribution in [0, 0.1) is 12.7 Å². The van der Waals surface area contributed by atoms with Crippen LogP contribution in [-0.2, 0) is 0 Å². The molecule has 70 valence electrons. The zero-order valence-electron chi connectivity index (χ0n) is 7.68. The maximum atomic E-state index is 12.9. The second-order valence-corrected chi connectivity index (χ2v) is 3.45. The van der Waals surface area contributed by atoms with Crippen molar-refractivity contribution in [2.45, 2.75) is 25.8 Å². The highest BCUT2D eigenvalue weighted by Crippen LogP contribution is 2.21. The summed E-state index contributed by atoms with van der Waals surface area (Å²) in [7, 11) is 0. The maximum Gasteiger partial charge on any atom is 0.144 e. The average Bonchev–Trinajstić information content (AvgIpc) is 2.62. The van der Waals surface area contributed by atoms with E-state index in [1.165, 1.54) is 12.5 Å².